The van der Waals surface area contributed by atoms with Crippen molar-refractivity contribution < 1.29 is 9.59 Å². The Bertz CT molecular complexity index is 239. The third-order valence-corrected chi connectivity index (χ3v) is 2.88. The van der Waals surface area contributed by atoms with Gasteiger partial charge in [0.1, 0.15) is 0 Å². The molecule has 0 saturated heterocycles. The topological polar surface area (TPSA) is 84.2 Å². The zero-order valence-corrected chi connectivity index (χ0v) is 9.08. The van der Waals surface area contributed by atoms with Crippen molar-refractivity contribution in [1.29, 1.82) is 0 Å². The first-order valence-corrected chi connectivity index (χ1v) is 5.39. The summed E-state index contributed by atoms with van der Waals surface area (Å²) in [6.07, 6.45) is 3.64. The lowest BCUT2D eigenvalue weighted by Gasteiger charge is -2.31. The molecular formula is C10H19N3O2. The van der Waals surface area contributed by atoms with Crippen LogP contribution in [0.4, 0.5) is 0 Å². The fraction of sp³-hybridized carbons (Fsp3) is 0.800. The van der Waals surface area contributed by atoms with Crippen LogP contribution in [0.25, 0.3) is 0 Å². The lowest BCUT2D eigenvalue weighted by atomic mass is 9.80. The molecule has 1 aliphatic carbocycles. The Kier molecular flexibility index (Phi) is 4.55. The number of carbonyl (C=O) groups is 2. The maximum Gasteiger partial charge on any atom is 0.239 e. The van der Waals surface area contributed by atoms with Gasteiger partial charge in [-0.15, -0.1) is 0 Å². The summed E-state index contributed by atoms with van der Waals surface area (Å²) in [6, 6.07) is 0.209. The van der Waals surface area contributed by atoms with E-state index in [1.807, 2.05) is 6.92 Å². The molecule has 0 spiro atoms. The fourth-order valence-corrected chi connectivity index (χ4v) is 1.61. The summed E-state index contributed by atoms with van der Waals surface area (Å²) in [5.74, 6) is 0.164. The highest BCUT2D eigenvalue weighted by atomic mass is 16.2. The minimum atomic E-state index is -0.304. The summed E-state index contributed by atoms with van der Waals surface area (Å²) >= 11 is 0. The van der Waals surface area contributed by atoms with Crippen LogP contribution in [0.15, 0.2) is 0 Å². The molecule has 0 aromatic carbocycles. The molecule has 1 fully saturated rings. The Morgan fingerprint density at radius 3 is 2.53 bits per heavy atom. The number of nitrogens with one attached hydrogen (secondary N) is 2. The van der Waals surface area contributed by atoms with Gasteiger partial charge in [0.25, 0.3) is 0 Å². The zero-order chi connectivity index (χ0) is 11.3. The Morgan fingerprint density at radius 1 is 1.40 bits per heavy atom. The molecule has 1 saturated carbocycles. The molecule has 1 rings (SSSR count). The number of rotatable bonds is 5. The van der Waals surface area contributed by atoms with Crippen LogP contribution in [0.2, 0.25) is 0 Å². The second-order valence-electron chi connectivity index (χ2n) is 4.03. The normalized spacial score (nSPS) is 17.7. The van der Waals surface area contributed by atoms with Crippen LogP contribution < -0.4 is 16.4 Å². The van der Waals surface area contributed by atoms with Crippen LogP contribution in [-0.4, -0.2) is 30.9 Å². The Hall–Kier alpha value is -1.10. The van der Waals surface area contributed by atoms with Crippen LogP contribution in [0.3, 0.4) is 0 Å². The predicted octanol–water partition coefficient (Wildman–Crippen LogP) is -0.634. The van der Waals surface area contributed by atoms with Crippen molar-refractivity contribution in [3.63, 3.8) is 0 Å². The molecule has 5 nitrogen and oxygen atoms in total. The van der Waals surface area contributed by atoms with Gasteiger partial charge in [0.15, 0.2) is 0 Å². The molecule has 1 atom stereocenters. The third kappa shape index (κ3) is 3.87. The smallest absolute Gasteiger partial charge is 0.239 e. The molecular weight excluding hydrogens is 194 g/mol. The van der Waals surface area contributed by atoms with Crippen LogP contribution in [0.5, 0.6) is 0 Å². The second kappa shape index (κ2) is 5.70. The van der Waals surface area contributed by atoms with Crippen LogP contribution >= 0.6 is 0 Å². The van der Waals surface area contributed by atoms with E-state index in [1.54, 1.807) is 0 Å². The molecule has 0 bridgehead atoms. The Morgan fingerprint density at radius 2 is 2.07 bits per heavy atom. The number of amides is 2. The molecule has 15 heavy (non-hydrogen) atoms. The fourth-order valence-electron chi connectivity index (χ4n) is 1.61. The van der Waals surface area contributed by atoms with Crippen LogP contribution in [0, 0.1) is 5.92 Å². The molecule has 0 aromatic heterocycles. The lowest BCUT2D eigenvalue weighted by molar-refractivity contribution is -0.126. The molecule has 0 radical (unpaired) electrons. The minimum Gasteiger partial charge on any atom is -0.352 e. The van der Waals surface area contributed by atoms with Gasteiger partial charge in [-0.3, -0.25) is 9.59 Å². The van der Waals surface area contributed by atoms with Crippen molar-refractivity contribution in [1.82, 2.24) is 10.6 Å². The van der Waals surface area contributed by atoms with Gasteiger partial charge in [0.2, 0.25) is 11.8 Å². The number of hydrogen-bond acceptors (Lipinski definition) is 3. The molecule has 2 amide bonds. The minimum absolute atomic E-state index is 0.0209. The van der Waals surface area contributed by atoms with Gasteiger partial charge >= 0.3 is 0 Å². The third-order valence-electron chi connectivity index (χ3n) is 2.88. The van der Waals surface area contributed by atoms with E-state index in [2.05, 4.69) is 10.6 Å². The highest BCUT2D eigenvalue weighted by Crippen LogP contribution is 2.29. The SMILES string of the molecule is CC(NC(=O)CNC(=O)CN)C1CCC1. The van der Waals surface area contributed by atoms with Crippen LogP contribution in [0.1, 0.15) is 26.2 Å². The van der Waals surface area contributed by atoms with Gasteiger partial charge in [-0.05, 0) is 25.7 Å². The van der Waals surface area contributed by atoms with E-state index in [0.717, 1.165) is 0 Å². The van der Waals surface area contributed by atoms with Gasteiger partial charge in [-0.25, -0.2) is 0 Å². The Labute approximate surface area is 89.8 Å². The lowest BCUT2D eigenvalue weighted by Crippen LogP contribution is -2.46. The second-order valence-corrected chi connectivity index (χ2v) is 4.03. The van der Waals surface area contributed by atoms with Crippen molar-refractivity contribution in [2.45, 2.75) is 32.2 Å². The van der Waals surface area contributed by atoms with E-state index in [-0.39, 0.29) is 30.9 Å². The zero-order valence-electron chi connectivity index (χ0n) is 9.08. The van der Waals surface area contributed by atoms with E-state index in [0.29, 0.717) is 5.92 Å². The van der Waals surface area contributed by atoms with Gasteiger partial charge in [0, 0.05) is 6.04 Å². The molecule has 0 aromatic rings. The average molecular weight is 213 g/mol. The van der Waals surface area contributed by atoms with E-state index in [9.17, 15) is 9.59 Å². The van der Waals surface area contributed by atoms with E-state index in [4.69, 9.17) is 5.73 Å². The van der Waals surface area contributed by atoms with E-state index < -0.39 is 0 Å². The molecule has 0 heterocycles. The first-order valence-electron chi connectivity index (χ1n) is 5.39. The van der Waals surface area contributed by atoms with Gasteiger partial charge in [0.05, 0.1) is 13.1 Å². The van der Waals surface area contributed by atoms with Crippen molar-refractivity contribution in [2.75, 3.05) is 13.1 Å². The molecule has 4 N–H and O–H groups in total. The largest absolute Gasteiger partial charge is 0.352 e. The van der Waals surface area contributed by atoms with Gasteiger partial charge in [-0.2, -0.15) is 0 Å². The van der Waals surface area contributed by atoms with Gasteiger partial charge in [-0.1, -0.05) is 6.42 Å². The monoisotopic (exact) mass is 213 g/mol. The maximum atomic E-state index is 11.4. The van der Waals surface area contributed by atoms with Crippen molar-refractivity contribution >= 4 is 11.8 Å². The molecule has 86 valence electrons. The quantitative estimate of drug-likeness (QED) is 0.568. The maximum absolute atomic E-state index is 11.4. The van der Waals surface area contributed by atoms with E-state index in [1.165, 1.54) is 19.3 Å². The average Bonchev–Trinajstić information content (AvgIpc) is 2.11. The number of nitrogens with two attached hydrogens (primary N) is 1. The summed E-state index contributed by atoms with van der Waals surface area (Å²) in [5.41, 5.74) is 5.09. The summed E-state index contributed by atoms with van der Waals surface area (Å²) in [5, 5.41) is 5.30. The standard InChI is InChI=1S/C10H19N3O2/c1-7(8-3-2-4-8)13-10(15)6-12-9(14)5-11/h7-8H,2-6,11H2,1H3,(H,12,14)(H,13,15). The van der Waals surface area contributed by atoms with Crippen molar-refractivity contribution in [3.05, 3.63) is 0 Å². The van der Waals surface area contributed by atoms with Crippen molar-refractivity contribution in [3.8, 4) is 0 Å². The Balaban J connectivity index is 2.14. The first-order chi connectivity index (χ1) is 7.13. The highest BCUT2D eigenvalue weighted by molar-refractivity contribution is 5.85. The summed E-state index contributed by atoms with van der Waals surface area (Å²) in [7, 11) is 0. The first kappa shape index (κ1) is 12.0. The van der Waals surface area contributed by atoms with Crippen molar-refractivity contribution in [2.24, 2.45) is 11.7 Å². The number of carbonyl (C=O) groups excluding carboxylic acids is 2. The van der Waals surface area contributed by atoms with Crippen LogP contribution in [-0.2, 0) is 9.59 Å². The molecule has 1 unspecified atom stereocenters. The number of hydrogen-bond donors (Lipinski definition) is 3. The molecule has 5 heteroatoms. The summed E-state index contributed by atoms with van der Waals surface area (Å²) < 4.78 is 0. The molecule has 0 aliphatic heterocycles. The highest BCUT2D eigenvalue weighted by Gasteiger charge is 2.24. The summed E-state index contributed by atoms with van der Waals surface area (Å²) in [4.78, 5) is 22.1. The molecule has 1 aliphatic rings. The predicted molar refractivity (Wildman–Crippen MR) is 57.0 cm³/mol. The summed E-state index contributed by atoms with van der Waals surface area (Å²) in [6.45, 7) is 1.95. The van der Waals surface area contributed by atoms with Gasteiger partial charge < -0.3 is 16.4 Å². The van der Waals surface area contributed by atoms with E-state index >= 15 is 0 Å².